The number of hydrogen-bond donors (Lipinski definition) is 1. The number of morpholine rings is 1. The van der Waals surface area contributed by atoms with E-state index in [0.717, 1.165) is 31.5 Å². The second-order valence-electron chi connectivity index (χ2n) is 6.73. The molecule has 3 rings (SSSR count). The highest BCUT2D eigenvalue weighted by atomic mass is 16.5. The van der Waals surface area contributed by atoms with Crippen molar-refractivity contribution in [2.75, 3.05) is 26.2 Å². The minimum absolute atomic E-state index is 0.0325. The molecule has 5 heteroatoms. The third-order valence-corrected chi connectivity index (χ3v) is 4.85. The summed E-state index contributed by atoms with van der Waals surface area (Å²) in [5, 5.41) is 9.67. The Labute approximate surface area is 137 Å². The van der Waals surface area contributed by atoms with Gasteiger partial charge in [0.2, 0.25) is 5.91 Å². The molecule has 2 unspecified atom stereocenters. The number of carbonyl (C=O) groups excluding carboxylic acids is 1. The van der Waals surface area contributed by atoms with Crippen LogP contribution in [0, 0.1) is 0 Å². The fraction of sp³-hybridized carbons (Fsp3) is 0.611. The molecule has 2 fully saturated rings. The van der Waals surface area contributed by atoms with Crippen molar-refractivity contribution < 1.29 is 14.6 Å². The van der Waals surface area contributed by atoms with Crippen molar-refractivity contribution in [3.05, 3.63) is 29.8 Å². The van der Waals surface area contributed by atoms with Gasteiger partial charge in [-0.15, -0.1) is 0 Å². The zero-order chi connectivity index (χ0) is 16.4. The van der Waals surface area contributed by atoms with Gasteiger partial charge in [0.1, 0.15) is 5.75 Å². The number of rotatable bonds is 3. The Morgan fingerprint density at radius 1 is 1.30 bits per heavy atom. The Morgan fingerprint density at radius 2 is 2.13 bits per heavy atom. The first kappa shape index (κ1) is 16.3. The molecular weight excluding hydrogens is 292 g/mol. The Bertz CT molecular complexity index is 561. The van der Waals surface area contributed by atoms with Gasteiger partial charge in [-0.3, -0.25) is 9.69 Å². The normalized spacial score (nSPS) is 26.7. The van der Waals surface area contributed by atoms with Crippen LogP contribution in [0.1, 0.15) is 38.4 Å². The van der Waals surface area contributed by atoms with Crippen molar-refractivity contribution in [2.45, 2.75) is 44.9 Å². The lowest BCUT2D eigenvalue weighted by atomic mass is 9.99. The standard InChI is InChI=1S/C18H26N2O3/c1-13(2)20-8-4-7-16(18(20)22)19-9-10-23-17(12-19)14-5-3-6-15(21)11-14/h3,5-6,11,13,16-17,21H,4,7-10,12H2,1-2H3. The topological polar surface area (TPSA) is 53.0 Å². The van der Waals surface area contributed by atoms with Crippen molar-refractivity contribution in [1.82, 2.24) is 9.80 Å². The van der Waals surface area contributed by atoms with E-state index >= 15 is 0 Å². The number of phenols is 1. The second kappa shape index (κ2) is 6.89. The van der Waals surface area contributed by atoms with Crippen molar-refractivity contribution in [1.29, 1.82) is 0 Å². The predicted octanol–water partition coefficient (Wildman–Crippen LogP) is 2.16. The summed E-state index contributed by atoms with van der Waals surface area (Å²) in [5.41, 5.74) is 0.971. The molecule has 23 heavy (non-hydrogen) atoms. The van der Waals surface area contributed by atoms with Gasteiger partial charge >= 0.3 is 0 Å². The molecule has 5 nitrogen and oxygen atoms in total. The summed E-state index contributed by atoms with van der Waals surface area (Å²) in [5.74, 6) is 0.505. The van der Waals surface area contributed by atoms with Gasteiger partial charge in [-0.1, -0.05) is 12.1 Å². The highest BCUT2D eigenvalue weighted by Gasteiger charge is 2.36. The van der Waals surface area contributed by atoms with E-state index in [1.807, 2.05) is 17.0 Å². The van der Waals surface area contributed by atoms with E-state index in [9.17, 15) is 9.90 Å². The monoisotopic (exact) mass is 318 g/mol. The average molecular weight is 318 g/mol. The van der Waals surface area contributed by atoms with Gasteiger partial charge in [-0.25, -0.2) is 0 Å². The summed E-state index contributed by atoms with van der Waals surface area (Å²) in [6.07, 6.45) is 1.90. The lowest BCUT2D eigenvalue weighted by Gasteiger charge is -2.43. The van der Waals surface area contributed by atoms with Gasteiger partial charge in [0, 0.05) is 25.7 Å². The van der Waals surface area contributed by atoms with Gasteiger partial charge in [0.05, 0.1) is 18.8 Å². The fourth-order valence-electron chi connectivity index (χ4n) is 3.61. The molecule has 126 valence electrons. The number of amides is 1. The van der Waals surface area contributed by atoms with Gasteiger partial charge < -0.3 is 14.7 Å². The molecular formula is C18H26N2O3. The van der Waals surface area contributed by atoms with Gasteiger partial charge in [-0.05, 0) is 44.4 Å². The minimum Gasteiger partial charge on any atom is -0.508 e. The molecule has 1 aromatic carbocycles. The molecule has 0 saturated carbocycles. The summed E-state index contributed by atoms with van der Waals surface area (Å²) in [7, 11) is 0. The molecule has 0 aliphatic carbocycles. The molecule has 1 N–H and O–H groups in total. The molecule has 0 spiro atoms. The van der Waals surface area contributed by atoms with Gasteiger partial charge in [0.25, 0.3) is 0 Å². The van der Waals surface area contributed by atoms with Gasteiger partial charge in [0.15, 0.2) is 0 Å². The van der Waals surface area contributed by atoms with E-state index in [-0.39, 0.29) is 29.8 Å². The quantitative estimate of drug-likeness (QED) is 0.928. The Morgan fingerprint density at radius 3 is 2.87 bits per heavy atom. The van der Waals surface area contributed by atoms with Crippen LogP contribution in [0.2, 0.25) is 0 Å². The van der Waals surface area contributed by atoms with Crippen molar-refractivity contribution in [2.24, 2.45) is 0 Å². The number of phenolic OH excluding ortho intramolecular Hbond substituents is 1. The third-order valence-electron chi connectivity index (χ3n) is 4.85. The molecule has 2 atom stereocenters. The number of nitrogens with zero attached hydrogens (tertiary/aromatic N) is 2. The van der Waals surface area contributed by atoms with Crippen molar-refractivity contribution >= 4 is 5.91 Å². The summed E-state index contributed by atoms with van der Waals surface area (Å²) < 4.78 is 5.87. The molecule has 0 radical (unpaired) electrons. The molecule has 2 heterocycles. The Hall–Kier alpha value is -1.59. The van der Waals surface area contributed by atoms with Crippen LogP contribution in [0.5, 0.6) is 5.75 Å². The molecule has 1 amide bonds. The number of likely N-dealkylation sites (tertiary alicyclic amines) is 1. The summed E-state index contributed by atoms with van der Waals surface area (Å²) in [4.78, 5) is 17.0. The SMILES string of the molecule is CC(C)N1CCCC(N2CCOC(c3cccc(O)c3)C2)C1=O. The van der Waals surface area contributed by atoms with Crippen LogP contribution >= 0.6 is 0 Å². The van der Waals surface area contributed by atoms with Gasteiger partial charge in [-0.2, -0.15) is 0 Å². The maximum atomic E-state index is 12.8. The van der Waals surface area contributed by atoms with E-state index in [4.69, 9.17) is 4.74 Å². The number of carbonyl (C=O) groups is 1. The molecule has 2 saturated heterocycles. The summed E-state index contributed by atoms with van der Waals surface area (Å²) in [6.45, 7) is 7.13. The highest BCUT2D eigenvalue weighted by molar-refractivity contribution is 5.82. The van der Waals surface area contributed by atoms with Crippen LogP contribution in [0.4, 0.5) is 0 Å². The molecule has 0 bridgehead atoms. The van der Waals surface area contributed by atoms with Crippen LogP contribution in [-0.2, 0) is 9.53 Å². The molecule has 1 aromatic rings. The zero-order valence-corrected chi connectivity index (χ0v) is 13.9. The van der Waals surface area contributed by atoms with Crippen LogP contribution in [0.25, 0.3) is 0 Å². The van der Waals surface area contributed by atoms with Crippen molar-refractivity contribution in [3.63, 3.8) is 0 Å². The van der Waals surface area contributed by atoms with E-state index in [2.05, 4.69) is 18.7 Å². The number of piperidine rings is 1. The van der Waals surface area contributed by atoms with Crippen LogP contribution in [-0.4, -0.2) is 59.1 Å². The number of benzene rings is 1. The smallest absolute Gasteiger partial charge is 0.240 e. The fourth-order valence-corrected chi connectivity index (χ4v) is 3.61. The Kier molecular flexibility index (Phi) is 4.87. The number of hydrogen-bond acceptors (Lipinski definition) is 4. The third kappa shape index (κ3) is 3.51. The largest absolute Gasteiger partial charge is 0.508 e. The number of ether oxygens (including phenoxy) is 1. The first-order chi connectivity index (χ1) is 11.1. The van der Waals surface area contributed by atoms with E-state index in [1.165, 1.54) is 0 Å². The van der Waals surface area contributed by atoms with E-state index < -0.39 is 0 Å². The first-order valence-corrected chi connectivity index (χ1v) is 8.51. The maximum absolute atomic E-state index is 12.8. The van der Waals surface area contributed by atoms with Crippen LogP contribution < -0.4 is 0 Å². The number of aromatic hydroxyl groups is 1. The highest BCUT2D eigenvalue weighted by Crippen LogP contribution is 2.28. The first-order valence-electron chi connectivity index (χ1n) is 8.51. The van der Waals surface area contributed by atoms with Crippen LogP contribution in [0.15, 0.2) is 24.3 Å². The lowest BCUT2D eigenvalue weighted by molar-refractivity contribution is -0.146. The zero-order valence-electron chi connectivity index (χ0n) is 13.9. The maximum Gasteiger partial charge on any atom is 0.240 e. The molecule has 2 aliphatic rings. The second-order valence-corrected chi connectivity index (χ2v) is 6.73. The summed E-state index contributed by atoms with van der Waals surface area (Å²) >= 11 is 0. The van der Waals surface area contributed by atoms with Crippen LogP contribution in [0.3, 0.4) is 0 Å². The van der Waals surface area contributed by atoms with E-state index in [0.29, 0.717) is 13.2 Å². The van der Waals surface area contributed by atoms with E-state index in [1.54, 1.807) is 12.1 Å². The molecule has 0 aromatic heterocycles. The minimum atomic E-state index is -0.0851. The average Bonchev–Trinajstić information content (AvgIpc) is 2.55. The van der Waals surface area contributed by atoms with Crippen molar-refractivity contribution in [3.8, 4) is 5.75 Å². The lowest BCUT2D eigenvalue weighted by Crippen LogP contribution is -2.56. The summed E-state index contributed by atoms with van der Waals surface area (Å²) in [6, 6.07) is 7.44. The predicted molar refractivity (Wildman–Crippen MR) is 88.2 cm³/mol. The Balaban J connectivity index is 1.72. The molecule has 2 aliphatic heterocycles.